The van der Waals surface area contributed by atoms with Gasteiger partial charge in [0, 0.05) is 38.9 Å². The number of hydrogen-bond acceptors (Lipinski definition) is 4. The topological polar surface area (TPSA) is 43.2 Å². The van der Waals surface area contributed by atoms with E-state index >= 15 is 0 Å². The van der Waals surface area contributed by atoms with Crippen molar-refractivity contribution in [3.8, 4) is 0 Å². The molecule has 5 nitrogen and oxygen atoms in total. The number of aromatic nitrogens is 3. The number of rotatable bonds is 4. The van der Waals surface area contributed by atoms with E-state index in [0.29, 0.717) is 11.8 Å². The first-order valence-electron chi connectivity index (χ1n) is 8.86. The van der Waals surface area contributed by atoms with Crippen LogP contribution >= 0.6 is 0 Å². The van der Waals surface area contributed by atoms with Gasteiger partial charge in [0.1, 0.15) is 11.3 Å². The van der Waals surface area contributed by atoms with E-state index in [4.69, 9.17) is 9.72 Å². The predicted molar refractivity (Wildman–Crippen MR) is 90.4 cm³/mol. The summed E-state index contributed by atoms with van der Waals surface area (Å²) in [6.45, 7) is 5.22. The molecule has 2 fully saturated rings. The Hall–Kier alpha value is -1.46. The van der Waals surface area contributed by atoms with Gasteiger partial charge in [-0.15, -0.1) is 0 Å². The Balaban J connectivity index is 1.61. The van der Waals surface area contributed by atoms with E-state index in [9.17, 15) is 0 Å². The number of likely N-dealkylation sites (tertiary alicyclic amines) is 1. The number of ether oxygens (including phenoxy) is 1. The molecule has 2 atom stereocenters. The molecule has 0 bridgehead atoms. The zero-order valence-electron chi connectivity index (χ0n) is 13.9. The van der Waals surface area contributed by atoms with Crippen LogP contribution < -0.4 is 0 Å². The van der Waals surface area contributed by atoms with Crippen LogP contribution in [-0.4, -0.2) is 52.8 Å². The van der Waals surface area contributed by atoms with Crippen LogP contribution in [0.15, 0.2) is 18.3 Å². The monoisotopic (exact) mass is 314 g/mol. The van der Waals surface area contributed by atoms with Crippen LogP contribution in [0.4, 0.5) is 0 Å². The lowest BCUT2D eigenvalue weighted by atomic mass is 9.98. The van der Waals surface area contributed by atoms with E-state index in [1.54, 1.807) is 0 Å². The molecule has 5 heteroatoms. The number of pyridine rings is 1. The van der Waals surface area contributed by atoms with Gasteiger partial charge >= 0.3 is 0 Å². The van der Waals surface area contributed by atoms with Crippen molar-refractivity contribution in [1.82, 2.24) is 19.4 Å². The summed E-state index contributed by atoms with van der Waals surface area (Å²) in [7, 11) is 2.21. The van der Waals surface area contributed by atoms with Crippen LogP contribution in [0.3, 0.4) is 0 Å². The fraction of sp³-hybridized carbons (Fsp3) is 0.667. The van der Waals surface area contributed by atoms with Gasteiger partial charge in [-0.3, -0.25) is 0 Å². The average molecular weight is 314 g/mol. The molecule has 4 heterocycles. The molecule has 2 aromatic heterocycles. The highest BCUT2D eigenvalue weighted by molar-refractivity contribution is 5.71. The van der Waals surface area contributed by atoms with Crippen LogP contribution in [0.25, 0.3) is 11.2 Å². The van der Waals surface area contributed by atoms with Gasteiger partial charge in [0.15, 0.2) is 5.65 Å². The van der Waals surface area contributed by atoms with E-state index in [1.165, 1.54) is 38.2 Å². The molecule has 2 aromatic rings. The molecule has 0 N–H and O–H groups in total. The molecule has 0 aliphatic carbocycles. The number of imidazole rings is 1. The van der Waals surface area contributed by atoms with Gasteiger partial charge in [-0.1, -0.05) is 0 Å². The third-order valence-electron chi connectivity index (χ3n) is 5.24. The maximum Gasteiger partial charge on any atom is 0.159 e. The van der Waals surface area contributed by atoms with Crippen molar-refractivity contribution in [2.24, 2.45) is 11.8 Å². The van der Waals surface area contributed by atoms with Crippen molar-refractivity contribution in [1.29, 1.82) is 0 Å². The highest BCUT2D eigenvalue weighted by atomic mass is 16.5. The summed E-state index contributed by atoms with van der Waals surface area (Å²) in [5.74, 6) is 2.51. The molecule has 2 aliphatic heterocycles. The molecule has 4 rings (SSSR count). The number of hydrogen-bond donors (Lipinski definition) is 0. The van der Waals surface area contributed by atoms with Crippen LogP contribution in [-0.2, 0) is 17.7 Å². The third kappa shape index (κ3) is 3.26. The molecule has 0 spiro atoms. The van der Waals surface area contributed by atoms with Gasteiger partial charge in [0.2, 0.25) is 0 Å². The summed E-state index contributed by atoms with van der Waals surface area (Å²) in [5, 5.41) is 0. The maximum absolute atomic E-state index is 5.66. The van der Waals surface area contributed by atoms with E-state index in [0.717, 1.165) is 37.3 Å². The first-order chi connectivity index (χ1) is 11.3. The molecule has 124 valence electrons. The lowest BCUT2D eigenvalue weighted by Gasteiger charge is -2.22. The van der Waals surface area contributed by atoms with Gasteiger partial charge in [-0.2, -0.15) is 0 Å². The lowest BCUT2D eigenvalue weighted by molar-refractivity contribution is 0.0539. The van der Waals surface area contributed by atoms with Crippen LogP contribution in [0.2, 0.25) is 0 Å². The highest BCUT2D eigenvalue weighted by Crippen LogP contribution is 2.24. The van der Waals surface area contributed by atoms with Gasteiger partial charge in [0.25, 0.3) is 0 Å². The van der Waals surface area contributed by atoms with Gasteiger partial charge < -0.3 is 14.2 Å². The van der Waals surface area contributed by atoms with Crippen molar-refractivity contribution >= 4 is 11.2 Å². The second-order valence-corrected chi connectivity index (χ2v) is 7.19. The molecule has 0 saturated carbocycles. The molecule has 2 aliphatic rings. The van der Waals surface area contributed by atoms with E-state index in [1.807, 2.05) is 12.3 Å². The Morgan fingerprint density at radius 3 is 3.04 bits per heavy atom. The highest BCUT2D eigenvalue weighted by Gasteiger charge is 2.24. The van der Waals surface area contributed by atoms with E-state index in [-0.39, 0.29) is 0 Å². The fourth-order valence-electron chi connectivity index (χ4n) is 4.01. The van der Waals surface area contributed by atoms with Crippen molar-refractivity contribution in [3.05, 3.63) is 24.2 Å². The van der Waals surface area contributed by atoms with Gasteiger partial charge in [0.05, 0.1) is 0 Å². The molecule has 2 saturated heterocycles. The first-order valence-corrected chi connectivity index (χ1v) is 8.86. The number of nitrogens with zero attached hydrogens (tertiary/aromatic N) is 4. The Morgan fingerprint density at radius 2 is 2.26 bits per heavy atom. The first kappa shape index (κ1) is 15.1. The summed E-state index contributed by atoms with van der Waals surface area (Å²) in [6, 6.07) is 4.07. The SMILES string of the molecule is CN1CCC(Cn2c(CC3CCCOC3)nc3cccnc32)C1. The predicted octanol–water partition coefficient (Wildman–Crippen LogP) is 2.35. The number of fused-ring (bicyclic) bond motifs is 1. The smallest absolute Gasteiger partial charge is 0.159 e. The molecular formula is C18H26N4O. The van der Waals surface area contributed by atoms with Crippen LogP contribution in [0.1, 0.15) is 25.1 Å². The standard InChI is InChI=1S/C18H26N4O/c1-21-8-6-15(11-21)12-22-17(10-14-4-3-9-23-13-14)20-16-5-2-7-19-18(16)22/h2,5,7,14-15H,3-4,6,8-13H2,1H3. The van der Waals surface area contributed by atoms with Crippen molar-refractivity contribution in [3.63, 3.8) is 0 Å². The summed E-state index contributed by atoms with van der Waals surface area (Å²) in [5.41, 5.74) is 2.08. The second kappa shape index (κ2) is 6.57. The molecule has 0 amide bonds. The Morgan fingerprint density at radius 1 is 1.30 bits per heavy atom. The van der Waals surface area contributed by atoms with Crippen LogP contribution in [0.5, 0.6) is 0 Å². The third-order valence-corrected chi connectivity index (χ3v) is 5.24. The van der Waals surface area contributed by atoms with Gasteiger partial charge in [-0.05, 0) is 56.8 Å². The quantitative estimate of drug-likeness (QED) is 0.869. The molecule has 0 aromatic carbocycles. The minimum absolute atomic E-state index is 0.602. The lowest BCUT2D eigenvalue weighted by Crippen LogP contribution is -2.23. The molecule has 0 radical (unpaired) electrons. The maximum atomic E-state index is 5.66. The fourth-order valence-corrected chi connectivity index (χ4v) is 4.01. The van der Waals surface area contributed by atoms with E-state index < -0.39 is 0 Å². The molecule has 23 heavy (non-hydrogen) atoms. The van der Waals surface area contributed by atoms with Gasteiger partial charge in [-0.25, -0.2) is 9.97 Å². The zero-order valence-corrected chi connectivity index (χ0v) is 13.9. The minimum Gasteiger partial charge on any atom is -0.381 e. The molecule has 2 unspecified atom stereocenters. The van der Waals surface area contributed by atoms with Crippen molar-refractivity contribution in [2.75, 3.05) is 33.4 Å². The van der Waals surface area contributed by atoms with Crippen molar-refractivity contribution in [2.45, 2.75) is 32.2 Å². The van der Waals surface area contributed by atoms with Crippen LogP contribution in [0, 0.1) is 11.8 Å². The summed E-state index contributed by atoms with van der Waals surface area (Å²) in [6.07, 6.45) is 6.60. The summed E-state index contributed by atoms with van der Waals surface area (Å²) < 4.78 is 8.04. The Labute approximate surface area is 137 Å². The van der Waals surface area contributed by atoms with Crippen molar-refractivity contribution < 1.29 is 4.74 Å². The summed E-state index contributed by atoms with van der Waals surface area (Å²) >= 11 is 0. The normalized spacial score (nSPS) is 26.1. The molecular weight excluding hydrogens is 288 g/mol. The summed E-state index contributed by atoms with van der Waals surface area (Å²) in [4.78, 5) is 11.9. The minimum atomic E-state index is 0.602. The largest absolute Gasteiger partial charge is 0.381 e. The Bertz CT molecular complexity index is 662. The Kier molecular flexibility index (Phi) is 4.31. The zero-order chi connectivity index (χ0) is 15.6. The van der Waals surface area contributed by atoms with E-state index in [2.05, 4.69) is 27.6 Å². The average Bonchev–Trinajstić information content (AvgIpc) is 3.13. The second-order valence-electron chi connectivity index (χ2n) is 7.19.